The molecule has 0 aliphatic rings. The molecule has 0 aromatic carbocycles. The molecular weight excluding hydrogens is 142 g/mol. The van der Waals surface area contributed by atoms with Gasteiger partial charge in [0.25, 0.3) is 0 Å². The molecule has 1 unspecified atom stereocenters. The van der Waals surface area contributed by atoms with Crippen molar-refractivity contribution in [3.8, 4) is 0 Å². The van der Waals surface area contributed by atoms with Gasteiger partial charge in [0, 0.05) is 13.7 Å². The summed E-state index contributed by atoms with van der Waals surface area (Å²) in [6, 6.07) is 0. The molecule has 0 aliphatic heterocycles. The zero-order valence-corrected chi connectivity index (χ0v) is 8.09. The van der Waals surface area contributed by atoms with Crippen LogP contribution in [0.4, 0.5) is 0 Å². The molecule has 0 amide bonds. The first-order chi connectivity index (χ1) is 4.88. The van der Waals surface area contributed by atoms with E-state index in [-0.39, 0.29) is 6.10 Å². The molecule has 0 bridgehead atoms. The van der Waals surface area contributed by atoms with Crippen molar-refractivity contribution in [1.29, 1.82) is 0 Å². The van der Waals surface area contributed by atoms with Gasteiger partial charge in [-0.3, -0.25) is 0 Å². The molecular formula is C8H19NO2. The molecule has 1 N–H and O–H groups in total. The van der Waals surface area contributed by atoms with Gasteiger partial charge in [0.2, 0.25) is 0 Å². The van der Waals surface area contributed by atoms with Gasteiger partial charge in [0.15, 0.2) is 0 Å². The molecule has 68 valence electrons. The number of hydrogen-bond donors (Lipinski definition) is 1. The molecule has 0 saturated carbocycles. The first kappa shape index (κ1) is 10.9. The third-order valence-corrected chi connectivity index (χ3v) is 1.60. The summed E-state index contributed by atoms with van der Waals surface area (Å²) in [5.41, 5.74) is -0.765. The number of rotatable bonds is 4. The highest BCUT2D eigenvalue weighted by Gasteiger charge is 2.26. The molecule has 0 aromatic rings. The van der Waals surface area contributed by atoms with E-state index in [2.05, 4.69) is 0 Å². The normalized spacial score (nSPS) is 15.5. The Morgan fingerprint density at radius 2 is 1.91 bits per heavy atom. The summed E-state index contributed by atoms with van der Waals surface area (Å²) in [4.78, 5) is 1.99. The highest BCUT2D eigenvalue weighted by molar-refractivity contribution is 4.79. The SMILES string of the molecule is COC(CN(C)C)C(C)(C)O. The fourth-order valence-corrected chi connectivity index (χ4v) is 0.918. The van der Waals surface area contributed by atoms with Gasteiger partial charge >= 0.3 is 0 Å². The van der Waals surface area contributed by atoms with Crippen molar-refractivity contribution in [1.82, 2.24) is 4.90 Å². The summed E-state index contributed by atoms with van der Waals surface area (Å²) < 4.78 is 5.13. The second kappa shape index (κ2) is 4.04. The van der Waals surface area contributed by atoms with Gasteiger partial charge in [-0.05, 0) is 27.9 Å². The predicted octanol–water partition coefficient (Wildman–Crippen LogP) is 0.334. The van der Waals surface area contributed by atoms with Gasteiger partial charge < -0.3 is 14.7 Å². The van der Waals surface area contributed by atoms with E-state index in [4.69, 9.17) is 4.74 Å². The van der Waals surface area contributed by atoms with Crippen LogP contribution in [0.5, 0.6) is 0 Å². The Bertz CT molecular complexity index is 107. The van der Waals surface area contributed by atoms with Crippen LogP contribution in [-0.2, 0) is 4.74 Å². The molecule has 0 aliphatic carbocycles. The van der Waals surface area contributed by atoms with Crippen LogP contribution in [0.2, 0.25) is 0 Å². The van der Waals surface area contributed by atoms with E-state index in [0.29, 0.717) is 0 Å². The monoisotopic (exact) mass is 161 g/mol. The fraction of sp³-hybridized carbons (Fsp3) is 1.00. The minimum atomic E-state index is -0.765. The summed E-state index contributed by atoms with van der Waals surface area (Å²) in [6.45, 7) is 4.25. The van der Waals surface area contributed by atoms with E-state index in [0.717, 1.165) is 6.54 Å². The topological polar surface area (TPSA) is 32.7 Å². The molecule has 0 spiro atoms. The van der Waals surface area contributed by atoms with Crippen molar-refractivity contribution < 1.29 is 9.84 Å². The predicted molar refractivity (Wildman–Crippen MR) is 45.6 cm³/mol. The lowest BCUT2D eigenvalue weighted by Crippen LogP contribution is -2.44. The molecule has 11 heavy (non-hydrogen) atoms. The van der Waals surface area contributed by atoms with Crippen molar-refractivity contribution >= 4 is 0 Å². The summed E-state index contributed by atoms with van der Waals surface area (Å²) in [5.74, 6) is 0. The Kier molecular flexibility index (Phi) is 4.00. The Balaban J connectivity index is 3.96. The average Bonchev–Trinajstić information content (AvgIpc) is 1.79. The minimum Gasteiger partial charge on any atom is -0.388 e. The summed E-state index contributed by atoms with van der Waals surface area (Å²) >= 11 is 0. The van der Waals surface area contributed by atoms with Crippen LogP contribution in [0, 0.1) is 0 Å². The average molecular weight is 161 g/mol. The molecule has 0 radical (unpaired) electrons. The van der Waals surface area contributed by atoms with E-state index in [9.17, 15) is 5.11 Å². The van der Waals surface area contributed by atoms with Crippen LogP contribution < -0.4 is 0 Å². The lowest BCUT2D eigenvalue weighted by atomic mass is 10.0. The van der Waals surface area contributed by atoms with E-state index in [1.165, 1.54) is 0 Å². The van der Waals surface area contributed by atoms with Crippen molar-refractivity contribution in [3.05, 3.63) is 0 Å². The lowest BCUT2D eigenvalue weighted by Gasteiger charge is -2.30. The van der Waals surface area contributed by atoms with Crippen LogP contribution in [0.1, 0.15) is 13.8 Å². The van der Waals surface area contributed by atoms with Crippen molar-refractivity contribution in [2.45, 2.75) is 25.6 Å². The number of nitrogens with zero attached hydrogens (tertiary/aromatic N) is 1. The summed E-state index contributed by atoms with van der Waals surface area (Å²) in [7, 11) is 5.53. The third kappa shape index (κ3) is 4.35. The first-order valence-corrected chi connectivity index (χ1v) is 3.78. The van der Waals surface area contributed by atoms with Gasteiger partial charge in [-0.1, -0.05) is 0 Å². The molecule has 3 nitrogen and oxygen atoms in total. The van der Waals surface area contributed by atoms with Crippen molar-refractivity contribution in [2.75, 3.05) is 27.7 Å². The highest BCUT2D eigenvalue weighted by Crippen LogP contribution is 2.11. The fourth-order valence-electron chi connectivity index (χ4n) is 0.918. The maximum atomic E-state index is 9.57. The van der Waals surface area contributed by atoms with Crippen molar-refractivity contribution in [2.24, 2.45) is 0 Å². The molecule has 0 heterocycles. The Labute approximate surface area is 69.0 Å². The van der Waals surface area contributed by atoms with Gasteiger partial charge in [-0.25, -0.2) is 0 Å². The van der Waals surface area contributed by atoms with E-state index >= 15 is 0 Å². The smallest absolute Gasteiger partial charge is 0.0978 e. The Hall–Kier alpha value is -0.120. The number of aliphatic hydroxyl groups is 1. The largest absolute Gasteiger partial charge is 0.388 e. The maximum absolute atomic E-state index is 9.57. The maximum Gasteiger partial charge on any atom is 0.0978 e. The van der Waals surface area contributed by atoms with E-state index < -0.39 is 5.60 Å². The second-order valence-corrected chi connectivity index (χ2v) is 3.64. The molecule has 0 fully saturated rings. The number of hydrogen-bond acceptors (Lipinski definition) is 3. The number of likely N-dealkylation sites (N-methyl/N-ethyl adjacent to an activating group) is 1. The summed E-state index contributed by atoms with van der Waals surface area (Å²) in [6.07, 6.45) is -0.127. The Morgan fingerprint density at radius 3 is 2.00 bits per heavy atom. The first-order valence-electron chi connectivity index (χ1n) is 3.78. The second-order valence-electron chi connectivity index (χ2n) is 3.64. The van der Waals surface area contributed by atoms with Gasteiger partial charge in [-0.15, -0.1) is 0 Å². The van der Waals surface area contributed by atoms with E-state index in [1.54, 1.807) is 21.0 Å². The quantitative estimate of drug-likeness (QED) is 0.645. The van der Waals surface area contributed by atoms with Gasteiger partial charge in [0.1, 0.15) is 0 Å². The van der Waals surface area contributed by atoms with Crippen molar-refractivity contribution in [3.63, 3.8) is 0 Å². The molecule has 1 atom stereocenters. The minimum absolute atomic E-state index is 0.127. The summed E-state index contributed by atoms with van der Waals surface area (Å²) in [5, 5.41) is 9.57. The molecule has 0 saturated heterocycles. The lowest BCUT2D eigenvalue weighted by molar-refractivity contribution is -0.0779. The molecule has 0 rings (SSSR count). The van der Waals surface area contributed by atoms with Gasteiger partial charge in [-0.2, -0.15) is 0 Å². The molecule has 3 heteroatoms. The van der Waals surface area contributed by atoms with Crippen LogP contribution in [0.15, 0.2) is 0 Å². The zero-order valence-electron chi connectivity index (χ0n) is 8.09. The third-order valence-electron chi connectivity index (χ3n) is 1.60. The molecule has 0 aromatic heterocycles. The number of ether oxygens (including phenoxy) is 1. The standard InChI is InChI=1S/C8H19NO2/c1-8(2,10)7(11-5)6-9(3)4/h7,10H,6H2,1-5H3. The van der Waals surface area contributed by atoms with E-state index in [1.807, 2.05) is 19.0 Å². The Morgan fingerprint density at radius 1 is 1.45 bits per heavy atom. The van der Waals surface area contributed by atoms with Gasteiger partial charge in [0.05, 0.1) is 11.7 Å². The van der Waals surface area contributed by atoms with Crippen LogP contribution in [0.25, 0.3) is 0 Å². The zero-order chi connectivity index (χ0) is 9.07. The van der Waals surface area contributed by atoms with Crippen LogP contribution in [-0.4, -0.2) is 49.5 Å². The highest BCUT2D eigenvalue weighted by atomic mass is 16.5. The van der Waals surface area contributed by atoms with Crippen LogP contribution in [0.3, 0.4) is 0 Å². The number of methoxy groups -OCH3 is 1. The van der Waals surface area contributed by atoms with Crippen LogP contribution >= 0.6 is 0 Å².